The summed E-state index contributed by atoms with van der Waals surface area (Å²) < 4.78 is 7.77. The van der Waals surface area contributed by atoms with Crippen LogP contribution in [-0.4, -0.2) is 23.6 Å². The zero-order valence-electron chi connectivity index (χ0n) is 17.4. The average Bonchev–Trinajstić information content (AvgIpc) is 3.16. The molecule has 148 valence electrons. The molecule has 0 aliphatic carbocycles. The number of aromatic nitrogens is 1. The number of aryl methyl sites for hydroxylation is 1. The lowest BCUT2D eigenvalue weighted by Crippen LogP contribution is -2.25. The maximum atomic E-state index is 13.0. The van der Waals surface area contributed by atoms with Gasteiger partial charge in [-0.15, -0.1) is 0 Å². The predicted molar refractivity (Wildman–Crippen MR) is 119 cm³/mol. The van der Waals surface area contributed by atoms with Crippen LogP contribution < -0.4 is 9.64 Å². The number of anilines is 1. The molecule has 0 N–H and O–H groups in total. The van der Waals surface area contributed by atoms with Gasteiger partial charge < -0.3 is 14.2 Å². The van der Waals surface area contributed by atoms with Gasteiger partial charge in [-0.25, -0.2) is 0 Å². The second-order valence-corrected chi connectivity index (χ2v) is 7.21. The first-order chi connectivity index (χ1) is 14.0. The number of carbonyl (C=O) groups is 1. The number of hydrogen-bond acceptors (Lipinski definition) is 2. The Morgan fingerprint density at radius 3 is 2.41 bits per heavy atom. The lowest BCUT2D eigenvalue weighted by molar-refractivity contribution is -0.112. The van der Waals surface area contributed by atoms with E-state index < -0.39 is 0 Å². The van der Waals surface area contributed by atoms with Gasteiger partial charge in [-0.1, -0.05) is 18.2 Å². The van der Waals surface area contributed by atoms with Crippen LogP contribution >= 0.6 is 0 Å². The summed E-state index contributed by atoms with van der Waals surface area (Å²) in [6.07, 6.45) is 2.03. The summed E-state index contributed by atoms with van der Waals surface area (Å²) in [6.45, 7) is 9.50. The van der Waals surface area contributed by atoms with Crippen LogP contribution in [-0.2, 0) is 4.79 Å². The van der Waals surface area contributed by atoms with Crippen molar-refractivity contribution < 1.29 is 9.53 Å². The quantitative estimate of drug-likeness (QED) is 0.550. The molecule has 3 aromatic rings. The van der Waals surface area contributed by atoms with Gasteiger partial charge in [0.05, 0.1) is 12.3 Å². The molecule has 29 heavy (non-hydrogen) atoms. The molecule has 0 saturated carbocycles. The molecular formula is C25H26N2O2. The van der Waals surface area contributed by atoms with Crippen LogP contribution in [0.25, 0.3) is 17.3 Å². The summed E-state index contributed by atoms with van der Waals surface area (Å²) in [7, 11) is 0. The molecule has 1 aromatic heterocycles. The van der Waals surface area contributed by atoms with Crippen molar-refractivity contribution in [3.05, 3.63) is 77.1 Å². The van der Waals surface area contributed by atoms with Crippen LogP contribution in [0.15, 0.2) is 54.6 Å². The highest BCUT2D eigenvalue weighted by atomic mass is 16.5. The fraction of sp³-hybridized carbons (Fsp3) is 0.240. The van der Waals surface area contributed by atoms with Crippen LogP contribution in [0.5, 0.6) is 5.75 Å². The van der Waals surface area contributed by atoms with Crippen molar-refractivity contribution in [2.24, 2.45) is 0 Å². The summed E-state index contributed by atoms with van der Waals surface area (Å²) in [4.78, 5) is 14.8. The van der Waals surface area contributed by atoms with Gasteiger partial charge in [0.15, 0.2) is 0 Å². The van der Waals surface area contributed by atoms with Gasteiger partial charge in [-0.05, 0) is 75.7 Å². The van der Waals surface area contributed by atoms with E-state index in [0.29, 0.717) is 13.2 Å². The number of hydrogen-bond donors (Lipinski definition) is 0. The number of nitrogens with zero attached hydrogens (tertiary/aromatic N) is 2. The van der Waals surface area contributed by atoms with Gasteiger partial charge >= 0.3 is 0 Å². The zero-order valence-corrected chi connectivity index (χ0v) is 17.4. The number of rotatable bonds is 5. The third kappa shape index (κ3) is 3.25. The second kappa shape index (κ2) is 7.63. The molecule has 4 rings (SSSR count). The van der Waals surface area contributed by atoms with Crippen molar-refractivity contribution in [2.75, 3.05) is 18.1 Å². The summed E-state index contributed by atoms with van der Waals surface area (Å²) >= 11 is 0. The van der Waals surface area contributed by atoms with Gasteiger partial charge in [0.25, 0.3) is 5.91 Å². The van der Waals surface area contributed by atoms with E-state index in [2.05, 4.69) is 36.6 Å². The van der Waals surface area contributed by atoms with Crippen molar-refractivity contribution in [3.8, 4) is 11.4 Å². The van der Waals surface area contributed by atoms with Gasteiger partial charge in [0.2, 0.25) is 0 Å². The Bertz CT molecular complexity index is 1090. The van der Waals surface area contributed by atoms with Crippen LogP contribution in [0, 0.1) is 13.8 Å². The lowest BCUT2D eigenvalue weighted by Gasteiger charge is -2.13. The SMILES string of the molecule is CCOc1ccc(-n2c(C)cc(/C=C3/C(=O)N(CC)c4ccccc43)c2C)cc1. The van der Waals surface area contributed by atoms with E-state index in [9.17, 15) is 4.79 Å². The summed E-state index contributed by atoms with van der Waals surface area (Å²) in [5.41, 5.74) is 7.14. The average molecular weight is 386 g/mol. The maximum absolute atomic E-state index is 13.0. The molecule has 4 nitrogen and oxygen atoms in total. The highest BCUT2D eigenvalue weighted by Gasteiger charge is 2.31. The monoisotopic (exact) mass is 386 g/mol. The molecule has 0 fully saturated rings. The van der Waals surface area contributed by atoms with E-state index in [-0.39, 0.29) is 5.91 Å². The normalized spacial score (nSPS) is 14.6. The van der Waals surface area contributed by atoms with Gasteiger partial charge in [-0.3, -0.25) is 4.79 Å². The zero-order chi connectivity index (χ0) is 20.5. The van der Waals surface area contributed by atoms with Crippen LogP contribution in [0.1, 0.15) is 36.4 Å². The second-order valence-electron chi connectivity index (χ2n) is 7.21. The van der Waals surface area contributed by atoms with Gasteiger partial charge in [-0.2, -0.15) is 0 Å². The topological polar surface area (TPSA) is 34.5 Å². The van der Waals surface area contributed by atoms with E-state index in [1.807, 2.05) is 61.2 Å². The van der Waals surface area contributed by atoms with Gasteiger partial charge in [0.1, 0.15) is 5.75 Å². The maximum Gasteiger partial charge on any atom is 0.258 e. The highest BCUT2D eigenvalue weighted by molar-refractivity contribution is 6.35. The van der Waals surface area contributed by atoms with E-state index in [4.69, 9.17) is 4.74 Å². The van der Waals surface area contributed by atoms with Crippen molar-refractivity contribution in [3.63, 3.8) is 0 Å². The minimum absolute atomic E-state index is 0.0690. The van der Waals surface area contributed by atoms with Crippen molar-refractivity contribution in [2.45, 2.75) is 27.7 Å². The number of likely N-dealkylation sites (N-methyl/N-ethyl adjacent to an activating group) is 1. The van der Waals surface area contributed by atoms with Crippen molar-refractivity contribution in [1.29, 1.82) is 0 Å². The first kappa shape index (κ1) is 19.1. The largest absolute Gasteiger partial charge is 0.494 e. The molecule has 0 saturated heterocycles. The Balaban J connectivity index is 1.76. The summed E-state index contributed by atoms with van der Waals surface area (Å²) in [6, 6.07) is 18.3. The summed E-state index contributed by atoms with van der Waals surface area (Å²) in [5.74, 6) is 0.938. The molecular weight excluding hydrogens is 360 g/mol. The molecule has 1 aliphatic rings. The highest BCUT2D eigenvalue weighted by Crippen LogP contribution is 2.38. The van der Waals surface area contributed by atoms with E-state index in [0.717, 1.165) is 45.2 Å². The number of benzene rings is 2. The molecule has 0 bridgehead atoms. The molecule has 0 unspecified atom stereocenters. The third-order valence-electron chi connectivity index (χ3n) is 5.45. The molecule has 0 atom stereocenters. The van der Waals surface area contributed by atoms with E-state index >= 15 is 0 Å². The molecule has 2 aromatic carbocycles. The van der Waals surface area contributed by atoms with Crippen LogP contribution in [0.2, 0.25) is 0 Å². The smallest absolute Gasteiger partial charge is 0.258 e. The van der Waals surface area contributed by atoms with Crippen LogP contribution in [0.3, 0.4) is 0 Å². The Hall–Kier alpha value is -3.27. The minimum Gasteiger partial charge on any atom is -0.494 e. The summed E-state index contributed by atoms with van der Waals surface area (Å²) in [5, 5.41) is 0. The number of carbonyl (C=O) groups excluding carboxylic acids is 1. The third-order valence-corrected chi connectivity index (χ3v) is 5.45. The molecule has 1 amide bonds. The first-order valence-electron chi connectivity index (χ1n) is 10.1. The predicted octanol–water partition coefficient (Wildman–Crippen LogP) is 5.40. The fourth-order valence-electron chi connectivity index (χ4n) is 4.10. The Morgan fingerprint density at radius 2 is 1.72 bits per heavy atom. The van der Waals surface area contributed by atoms with Crippen LogP contribution in [0.4, 0.5) is 5.69 Å². The molecule has 0 spiro atoms. The fourth-order valence-corrected chi connectivity index (χ4v) is 4.10. The van der Waals surface area contributed by atoms with Crippen molar-refractivity contribution >= 4 is 23.2 Å². The number of fused-ring (bicyclic) bond motifs is 1. The standard InChI is InChI=1S/C25H26N2O2/c1-5-26-24-10-8-7-9-22(24)23(25(26)28)16-19-15-17(3)27(18(19)4)20-11-13-21(14-12-20)29-6-2/h7-16H,5-6H2,1-4H3/b23-16+. The first-order valence-corrected chi connectivity index (χ1v) is 10.1. The lowest BCUT2D eigenvalue weighted by atomic mass is 10.0. The molecule has 0 radical (unpaired) electrons. The Morgan fingerprint density at radius 1 is 1.00 bits per heavy atom. The molecule has 1 aliphatic heterocycles. The number of ether oxygens (including phenoxy) is 1. The molecule has 2 heterocycles. The molecule has 4 heteroatoms. The minimum atomic E-state index is 0.0690. The number of amides is 1. The van der Waals surface area contributed by atoms with E-state index in [1.165, 1.54) is 0 Å². The van der Waals surface area contributed by atoms with Gasteiger partial charge in [0, 0.05) is 34.8 Å². The Kier molecular flexibility index (Phi) is 5.01. The van der Waals surface area contributed by atoms with Crippen molar-refractivity contribution in [1.82, 2.24) is 4.57 Å². The Labute approximate surface area is 172 Å². The number of para-hydroxylation sites is 1. The van der Waals surface area contributed by atoms with E-state index in [1.54, 1.807) is 0 Å².